The number of halogens is 1. The highest BCUT2D eigenvalue weighted by Crippen LogP contribution is 2.36. The van der Waals surface area contributed by atoms with Crippen LogP contribution in [0.15, 0.2) is 48.8 Å². The number of carbonyl (C=O) groups excluding carboxylic acids is 1. The van der Waals surface area contributed by atoms with Gasteiger partial charge in [0.15, 0.2) is 11.5 Å². The second-order valence-electron chi connectivity index (χ2n) is 6.04. The molecule has 0 atom stereocenters. The number of hydrogen-bond acceptors (Lipinski definition) is 5. The van der Waals surface area contributed by atoms with Crippen LogP contribution in [0.1, 0.15) is 23.6 Å². The van der Waals surface area contributed by atoms with E-state index in [1.54, 1.807) is 24.4 Å². The third-order valence-corrected chi connectivity index (χ3v) is 4.47. The van der Waals surface area contributed by atoms with E-state index in [0.29, 0.717) is 39.8 Å². The second kappa shape index (κ2) is 9.18. The fraction of sp³-hybridized carbons (Fsp3) is 0.182. The van der Waals surface area contributed by atoms with Crippen LogP contribution in [-0.2, 0) is 16.1 Å². The third kappa shape index (κ3) is 4.53. The lowest BCUT2D eigenvalue weighted by atomic mass is 10.2. The number of hydrogen-bond donors (Lipinski definition) is 0. The maximum absolute atomic E-state index is 12.1. The topological polar surface area (TPSA) is 73.0 Å². The molecule has 2 heterocycles. The van der Waals surface area contributed by atoms with Crippen molar-refractivity contribution in [3.63, 3.8) is 0 Å². The summed E-state index contributed by atoms with van der Waals surface area (Å²) < 4.78 is 17.9. The van der Waals surface area contributed by atoms with Gasteiger partial charge in [-0.3, -0.25) is 0 Å². The van der Waals surface area contributed by atoms with Crippen LogP contribution in [0.25, 0.3) is 11.6 Å². The van der Waals surface area contributed by atoms with Crippen LogP contribution in [0.5, 0.6) is 11.5 Å². The van der Waals surface area contributed by atoms with Gasteiger partial charge < -0.3 is 18.6 Å². The Balaban J connectivity index is 1.72. The molecule has 1 aromatic carbocycles. The Morgan fingerprint density at radius 3 is 2.90 bits per heavy atom. The largest absolute Gasteiger partial charge is 0.491 e. The number of carbonyl (C=O) groups is 1. The first kappa shape index (κ1) is 20.3. The first-order valence-electron chi connectivity index (χ1n) is 8.91. The van der Waals surface area contributed by atoms with Crippen LogP contribution in [0.4, 0.5) is 0 Å². The van der Waals surface area contributed by atoms with Crippen molar-refractivity contribution in [1.29, 1.82) is 5.26 Å². The SMILES string of the molecule is CCOc1cc(/C=C\C(=O)OCc2cn3ccccc3c2C#N)cc(Cl)c1OC. The Bertz CT molecular complexity index is 1110. The molecule has 0 bridgehead atoms. The Labute approximate surface area is 173 Å². The number of esters is 1. The fourth-order valence-electron chi connectivity index (χ4n) is 2.92. The van der Waals surface area contributed by atoms with Crippen LogP contribution in [0.2, 0.25) is 5.02 Å². The van der Waals surface area contributed by atoms with E-state index < -0.39 is 5.97 Å². The van der Waals surface area contributed by atoms with E-state index in [1.807, 2.05) is 35.7 Å². The van der Waals surface area contributed by atoms with Gasteiger partial charge >= 0.3 is 5.97 Å². The van der Waals surface area contributed by atoms with Crippen LogP contribution in [-0.4, -0.2) is 24.1 Å². The normalized spacial score (nSPS) is 10.8. The van der Waals surface area contributed by atoms with Crippen LogP contribution >= 0.6 is 11.6 Å². The zero-order valence-corrected chi connectivity index (χ0v) is 16.8. The zero-order valence-electron chi connectivity index (χ0n) is 16.0. The third-order valence-electron chi connectivity index (χ3n) is 4.19. The predicted molar refractivity (Wildman–Crippen MR) is 110 cm³/mol. The molecular weight excluding hydrogens is 392 g/mol. The van der Waals surface area contributed by atoms with Gasteiger partial charge in [-0.15, -0.1) is 0 Å². The predicted octanol–water partition coefficient (Wildman–Crippen LogP) is 4.63. The Kier molecular flexibility index (Phi) is 6.43. The van der Waals surface area contributed by atoms with Gasteiger partial charge in [0.25, 0.3) is 0 Å². The van der Waals surface area contributed by atoms with Gasteiger partial charge in [-0.1, -0.05) is 17.7 Å². The van der Waals surface area contributed by atoms with E-state index in [4.69, 9.17) is 25.8 Å². The summed E-state index contributed by atoms with van der Waals surface area (Å²) in [5, 5.41) is 9.79. The van der Waals surface area contributed by atoms with Crippen LogP contribution in [0.3, 0.4) is 0 Å². The number of methoxy groups -OCH3 is 1. The lowest BCUT2D eigenvalue weighted by Crippen LogP contribution is -2.01. The van der Waals surface area contributed by atoms with Gasteiger partial charge in [0.1, 0.15) is 12.7 Å². The van der Waals surface area contributed by atoms with Crippen molar-refractivity contribution in [3.05, 3.63) is 70.5 Å². The van der Waals surface area contributed by atoms with Crippen molar-refractivity contribution in [2.24, 2.45) is 0 Å². The van der Waals surface area contributed by atoms with Gasteiger partial charge in [0, 0.05) is 24.0 Å². The molecular formula is C22H19ClN2O4. The molecule has 0 fully saturated rings. The van der Waals surface area contributed by atoms with E-state index in [9.17, 15) is 10.1 Å². The Morgan fingerprint density at radius 2 is 2.17 bits per heavy atom. The lowest BCUT2D eigenvalue weighted by molar-refractivity contribution is -0.138. The Morgan fingerprint density at radius 1 is 1.34 bits per heavy atom. The van der Waals surface area contributed by atoms with Crippen molar-refractivity contribution in [2.75, 3.05) is 13.7 Å². The van der Waals surface area contributed by atoms with Crippen molar-refractivity contribution in [1.82, 2.24) is 4.40 Å². The number of nitriles is 1. The number of ether oxygens (including phenoxy) is 3. The standard InChI is InChI=1S/C22H19ClN2O4/c1-3-28-20-11-15(10-18(23)22(20)27-2)7-8-21(26)29-14-16-13-25-9-5-4-6-19(25)17(16)12-24/h4-11,13H,3,14H2,1-2H3/b8-7-. The summed E-state index contributed by atoms with van der Waals surface area (Å²) in [6.45, 7) is 2.31. The smallest absolute Gasteiger partial charge is 0.331 e. The van der Waals surface area contributed by atoms with Crippen molar-refractivity contribution in [2.45, 2.75) is 13.5 Å². The van der Waals surface area contributed by atoms with Crippen molar-refractivity contribution >= 4 is 29.2 Å². The molecule has 0 saturated carbocycles. The number of rotatable bonds is 7. The maximum atomic E-state index is 12.1. The maximum Gasteiger partial charge on any atom is 0.331 e. The van der Waals surface area contributed by atoms with E-state index in [-0.39, 0.29) is 6.61 Å². The van der Waals surface area contributed by atoms with Crippen molar-refractivity contribution < 1.29 is 19.0 Å². The molecule has 0 N–H and O–H groups in total. The number of nitrogens with zero attached hydrogens (tertiary/aromatic N) is 2. The monoisotopic (exact) mass is 410 g/mol. The van der Waals surface area contributed by atoms with E-state index in [0.717, 1.165) is 5.52 Å². The molecule has 0 amide bonds. The van der Waals surface area contributed by atoms with Gasteiger partial charge in [-0.05, 0) is 42.8 Å². The molecule has 29 heavy (non-hydrogen) atoms. The highest BCUT2D eigenvalue weighted by Gasteiger charge is 2.12. The molecule has 0 aliphatic rings. The first-order valence-corrected chi connectivity index (χ1v) is 9.29. The molecule has 7 heteroatoms. The van der Waals surface area contributed by atoms with Gasteiger partial charge in [-0.25, -0.2) is 4.79 Å². The zero-order chi connectivity index (χ0) is 20.8. The first-order chi connectivity index (χ1) is 14.1. The van der Waals surface area contributed by atoms with E-state index in [2.05, 4.69) is 6.07 Å². The molecule has 0 saturated heterocycles. The molecule has 0 spiro atoms. The summed E-state index contributed by atoms with van der Waals surface area (Å²) in [5.41, 5.74) is 2.58. The highest BCUT2D eigenvalue weighted by atomic mass is 35.5. The highest BCUT2D eigenvalue weighted by molar-refractivity contribution is 6.32. The average molecular weight is 411 g/mol. The molecule has 3 aromatic rings. The van der Waals surface area contributed by atoms with Crippen LogP contribution in [0, 0.1) is 11.3 Å². The lowest BCUT2D eigenvalue weighted by Gasteiger charge is -2.11. The summed E-state index contributed by atoms with van der Waals surface area (Å²) in [6.07, 6.45) is 6.50. The molecule has 148 valence electrons. The molecule has 0 unspecified atom stereocenters. The fourth-order valence-corrected chi connectivity index (χ4v) is 3.22. The molecule has 2 aromatic heterocycles. The summed E-state index contributed by atoms with van der Waals surface area (Å²) in [6, 6.07) is 11.1. The van der Waals surface area contributed by atoms with Gasteiger partial charge in [0.05, 0.1) is 29.8 Å². The summed E-state index contributed by atoms with van der Waals surface area (Å²) in [4.78, 5) is 12.1. The number of aromatic nitrogens is 1. The molecule has 0 aliphatic heterocycles. The average Bonchev–Trinajstić information content (AvgIpc) is 3.08. The summed E-state index contributed by atoms with van der Waals surface area (Å²) >= 11 is 6.21. The van der Waals surface area contributed by atoms with E-state index >= 15 is 0 Å². The minimum atomic E-state index is -0.533. The summed E-state index contributed by atoms with van der Waals surface area (Å²) in [5.74, 6) is 0.404. The number of fused-ring (bicyclic) bond motifs is 1. The molecule has 6 nitrogen and oxygen atoms in total. The number of benzene rings is 1. The van der Waals surface area contributed by atoms with Gasteiger partial charge in [-0.2, -0.15) is 5.26 Å². The Hall–Kier alpha value is -3.43. The van der Waals surface area contributed by atoms with Crippen LogP contribution < -0.4 is 9.47 Å². The molecule has 3 rings (SSSR count). The quantitative estimate of drug-likeness (QED) is 0.419. The molecule has 0 radical (unpaired) electrons. The number of pyridine rings is 1. The minimum Gasteiger partial charge on any atom is -0.491 e. The van der Waals surface area contributed by atoms with E-state index in [1.165, 1.54) is 13.2 Å². The molecule has 0 aliphatic carbocycles. The summed E-state index contributed by atoms with van der Waals surface area (Å²) in [7, 11) is 1.51. The van der Waals surface area contributed by atoms with Crippen molar-refractivity contribution in [3.8, 4) is 17.6 Å². The minimum absolute atomic E-state index is 0.00130. The van der Waals surface area contributed by atoms with Gasteiger partial charge in [0.2, 0.25) is 0 Å². The second-order valence-corrected chi connectivity index (χ2v) is 6.45.